The Bertz CT molecular complexity index is 554. The Kier molecular flexibility index (Phi) is 2.94. The quantitative estimate of drug-likeness (QED) is 0.859. The summed E-state index contributed by atoms with van der Waals surface area (Å²) in [6.45, 7) is 4.60. The van der Waals surface area contributed by atoms with E-state index in [4.69, 9.17) is 5.73 Å². The van der Waals surface area contributed by atoms with Crippen LogP contribution in [0.1, 0.15) is 31.9 Å². The zero-order valence-electron chi connectivity index (χ0n) is 11.6. The highest BCUT2D eigenvalue weighted by atomic mass is 14.7. The second kappa shape index (κ2) is 4.50. The van der Waals surface area contributed by atoms with E-state index in [1.165, 1.54) is 23.1 Å². The van der Waals surface area contributed by atoms with Gasteiger partial charge in [-0.3, -0.25) is 0 Å². The average molecular weight is 251 g/mol. The molecule has 2 aromatic rings. The van der Waals surface area contributed by atoms with E-state index in [-0.39, 0.29) is 6.04 Å². The van der Waals surface area contributed by atoms with Gasteiger partial charge in [0.1, 0.15) is 0 Å². The van der Waals surface area contributed by atoms with Crippen LogP contribution in [-0.2, 0) is 0 Å². The molecule has 1 saturated carbocycles. The predicted molar refractivity (Wildman–Crippen MR) is 80.7 cm³/mol. The summed E-state index contributed by atoms with van der Waals surface area (Å²) < 4.78 is 0. The molecule has 0 aromatic heterocycles. The van der Waals surface area contributed by atoms with Crippen LogP contribution in [0.2, 0.25) is 0 Å². The van der Waals surface area contributed by atoms with Gasteiger partial charge in [0.05, 0.1) is 0 Å². The summed E-state index contributed by atoms with van der Waals surface area (Å²) in [5, 5.41) is 0. The second-order valence-corrected chi connectivity index (χ2v) is 6.31. The van der Waals surface area contributed by atoms with Gasteiger partial charge in [-0.2, -0.15) is 0 Å². The van der Waals surface area contributed by atoms with Crippen molar-refractivity contribution in [2.45, 2.75) is 26.3 Å². The molecule has 1 aliphatic carbocycles. The minimum atomic E-state index is 0.180. The molecule has 2 unspecified atom stereocenters. The van der Waals surface area contributed by atoms with Gasteiger partial charge in [0.2, 0.25) is 0 Å². The molecular weight excluding hydrogens is 230 g/mol. The smallest absolute Gasteiger partial charge is 0.0328 e. The van der Waals surface area contributed by atoms with Crippen LogP contribution in [-0.4, -0.2) is 0 Å². The molecule has 2 N–H and O–H groups in total. The van der Waals surface area contributed by atoms with E-state index in [0.717, 1.165) is 0 Å². The fourth-order valence-electron chi connectivity index (χ4n) is 2.88. The van der Waals surface area contributed by atoms with Crippen molar-refractivity contribution in [2.75, 3.05) is 0 Å². The Morgan fingerprint density at radius 3 is 2.00 bits per heavy atom. The van der Waals surface area contributed by atoms with Crippen molar-refractivity contribution in [3.05, 3.63) is 60.2 Å². The molecule has 2 aromatic carbocycles. The van der Waals surface area contributed by atoms with Gasteiger partial charge in [-0.1, -0.05) is 68.4 Å². The van der Waals surface area contributed by atoms with Gasteiger partial charge in [0, 0.05) is 6.04 Å². The zero-order chi connectivity index (χ0) is 13.5. The van der Waals surface area contributed by atoms with Crippen LogP contribution in [0.3, 0.4) is 0 Å². The molecule has 0 spiro atoms. The first kappa shape index (κ1) is 12.4. The van der Waals surface area contributed by atoms with E-state index >= 15 is 0 Å². The van der Waals surface area contributed by atoms with Gasteiger partial charge in [0.15, 0.2) is 0 Å². The summed E-state index contributed by atoms with van der Waals surface area (Å²) in [5.41, 5.74) is 10.6. The van der Waals surface area contributed by atoms with Crippen LogP contribution in [0.5, 0.6) is 0 Å². The first-order valence-electron chi connectivity index (χ1n) is 6.99. The summed E-state index contributed by atoms with van der Waals surface area (Å²) in [4.78, 5) is 0. The molecule has 1 fully saturated rings. The Labute approximate surface area is 115 Å². The molecule has 0 radical (unpaired) electrons. The van der Waals surface area contributed by atoms with E-state index in [2.05, 4.69) is 62.4 Å². The zero-order valence-corrected chi connectivity index (χ0v) is 11.6. The lowest BCUT2D eigenvalue weighted by molar-refractivity contribution is 0.491. The fourth-order valence-corrected chi connectivity index (χ4v) is 2.88. The fraction of sp³-hybridized carbons (Fsp3) is 0.333. The van der Waals surface area contributed by atoms with Crippen LogP contribution in [0.4, 0.5) is 0 Å². The predicted octanol–water partition coefficient (Wildman–Crippen LogP) is 4.40. The molecule has 19 heavy (non-hydrogen) atoms. The Morgan fingerprint density at radius 1 is 0.947 bits per heavy atom. The van der Waals surface area contributed by atoms with Crippen molar-refractivity contribution in [1.82, 2.24) is 0 Å². The van der Waals surface area contributed by atoms with E-state index < -0.39 is 0 Å². The minimum absolute atomic E-state index is 0.180. The highest BCUT2D eigenvalue weighted by Gasteiger charge is 2.49. The number of benzene rings is 2. The van der Waals surface area contributed by atoms with Gasteiger partial charge < -0.3 is 5.73 Å². The van der Waals surface area contributed by atoms with E-state index in [1.807, 2.05) is 6.07 Å². The number of rotatable bonds is 3. The molecule has 98 valence electrons. The molecule has 0 bridgehead atoms. The molecule has 0 heterocycles. The van der Waals surface area contributed by atoms with Crippen molar-refractivity contribution in [2.24, 2.45) is 17.1 Å². The van der Waals surface area contributed by atoms with E-state index in [1.54, 1.807) is 0 Å². The molecule has 0 amide bonds. The summed E-state index contributed by atoms with van der Waals surface area (Å²) in [6, 6.07) is 19.4. The third kappa shape index (κ3) is 2.43. The van der Waals surface area contributed by atoms with Crippen LogP contribution in [0.15, 0.2) is 54.6 Å². The molecule has 1 heteroatoms. The normalized spacial score (nSPS) is 21.9. The number of hydrogen-bond donors (Lipinski definition) is 1. The molecule has 1 aliphatic rings. The van der Waals surface area contributed by atoms with Crippen molar-refractivity contribution < 1.29 is 0 Å². The van der Waals surface area contributed by atoms with Gasteiger partial charge in [-0.05, 0) is 34.4 Å². The SMILES string of the molecule is CC1(C)CC1C(N)c1ccc(-c2ccccc2)cc1. The summed E-state index contributed by atoms with van der Waals surface area (Å²) in [5.74, 6) is 0.634. The summed E-state index contributed by atoms with van der Waals surface area (Å²) >= 11 is 0. The van der Waals surface area contributed by atoms with Crippen LogP contribution in [0.25, 0.3) is 11.1 Å². The third-order valence-electron chi connectivity index (χ3n) is 4.43. The number of hydrogen-bond acceptors (Lipinski definition) is 1. The largest absolute Gasteiger partial charge is 0.324 e. The third-order valence-corrected chi connectivity index (χ3v) is 4.43. The van der Waals surface area contributed by atoms with E-state index in [9.17, 15) is 0 Å². The topological polar surface area (TPSA) is 26.0 Å². The summed E-state index contributed by atoms with van der Waals surface area (Å²) in [7, 11) is 0. The van der Waals surface area contributed by atoms with Gasteiger partial charge >= 0.3 is 0 Å². The highest BCUT2D eigenvalue weighted by molar-refractivity contribution is 5.63. The monoisotopic (exact) mass is 251 g/mol. The van der Waals surface area contributed by atoms with Crippen LogP contribution >= 0.6 is 0 Å². The first-order valence-corrected chi connectivity index (χ1v) is 6.99. The Hall–Kier alpha value is -1.60. The van der Waals surface area contributed by atoms with Gasteiger partial charge in [-0.15, -0.1) is 0 Å². The first-order chi connectivity index (χ1) is 9.08. The van der Waals surface area contributed by atoms with E-state index in [0.29, 0.717) is 11.3 Å². The Morgan fingerprint density at radius 2 is 1.47 bits per heavy atom. The average Bonchev–Trinajstić information content (AvgIpc) is 3.08. The van der Waals surface area contributed by atoms with Crippen molar-refractivity contribution in [3.63, 3.8) is 0 Å². The van der Waals surface area contributed by atoms with Crippen LogP contribution in [0, 0.1) is 11.3 Å². The molecule has 3 rings (SSSR count). The van der Waals surface area contributed by atoms with Crippen molar-refractivity contribution in [1.29, 1.82) is 0 Å². The molecular formula is C18H21N. The lowest BCUT2D eigenvalue weighted by atomic mass is 9.96. The standard InChI is InChI=1S/C18H21N/c1-18(2)12-16(18)17(19)15-10-8-14(9-11-15)13-6-4-3-5-7-13/h3-11,16-17H,12,19H2,1-2H3. The second-order valence-electron chi connectivity index (χ2n) is 6.31. The Balaban J connectivity index is 1.80. The van der Waals surface area contributed by atoms with Gasteiger partial charge in [0.25, 0.3) is 0 Å². The van der Waals surface area contributed by atoms with Gasteiger partial charge in [-0.25, -0.2) is 0 Å². The maximum Gasteiger partial charge on any atom is 0.0328 e. The molecule has 1 nitrogen and oxygen atoms in total. The molecule has 0 saturated heterocycles. The highest BCUT2D eigenvalue weighted by Crippen LogP contribution is 2.56. The van der Waals surface area contributed by atoms with Crippen molar-refractivity contribution in [3.8, 4) is 11.1 Å². The molecule has 2 atom stereocenters. The molecule has 0 aliphatic heterocycles. The lowest BCUT2D eigenvalue weighted by Gasteiger charge is -2.14. The maximum absolute atomic E-state index is 6.36. The summed E-state index contributed by atoms with van der Waals surface area (Å²) in [6.07, 6.45) is 1.24. The number of nitrogens with two attached hydrogens (primary N) is 1. The van der Waals surface area contributed by atoms with Crippen molar-refractivity contribution >= 4 is 0 Å². The van der Waals surface area contributed by atoms with Crippen LogP contribution < -0.4 is 5.73 Å². The minimum Gasteiger partial charge on any atom is -0.324 e. The lowest BCUT2D eigenvalue weighted by Crippen LogP contribution is -2.15. The maximum atomic E-state index is 6.36.